The molecular weight excluding hydrogens is 307 g/mol. The van der Waals surface area contributed by atoms with Crippen molar-refractivity contribution < 1.29 is 13.9 Å². The van der Waals surface area contributed by atoms with E-state index in [1.54, 1.807) is 6.92 Å². The number of rotatable bonds is 4. The number of ether oxygens (including phenoxy) is 1. The van der Waals surface area contributed by atoms with E-state index in [1.807, 2.05) is 24.3 Å². The summed E-state index contributed by atoms with van der Waals surface area (Å²) in [6.07, 6.45) is 0.0728. The Morgan fingerprint density at radius 1 is 1.36 bits per heavy atom. The first-order valence-electron chi connectivity index (χ1n) is 7.50. The number of benzene rings is 1. The van der Waals surface area contributed by atoms with Gasteiger partial charge in [-0.1, -0.05) is 23.7 Å². The molecule has 0 radical (unpaired) electrons. The smallest absolute Gasteiger partial charge is 0.230 e. The van der Waals surface area contributed by atoms with E-state index in [1.165, 1.54) is 0 Å². The highest BCUT2D eigenvalue weighted by molar-refractivity contribution is 6.28. The van der Waals surface area contributed by atoms with E-state index >= 15 is 0 Å². The second kappa shape index (κ2) is 5.70. The lowest BCUT2D eigenvalue weighted by Crippen LogP contribution is -2.36. The zero-order valence-electron chi connectivity index (χ0n) is 12.6. The molecule has 2 aliphatic rings. The van der Waals surface area contributed by atoms with Crippen LogP contribution in [0.2, 0.25) is 0 Å². The maximum atomic E-state index is 13.6. The molecule has 1 N–H and O–H groups in total. The summed E-state index contributed by atoms with van der Waals surface area (Å²) in [4.78, 5) is 14.2. The molecule has 1 heterocycles. The van der Waals surface area contributed by atoms with E-state index in [2.05, 4.69) is 10.2 Å². The standard InChI is InChI=1S/C16H20ClFN2O2/c1-15(11-16(15,17)18)14(21)19-10-12-2-4-13(5-3-12)20-6-8-22-9-7-20/h2-5H,6-11H2,1H3,(H,19,21). The van der Waals surface area contributed by atoms with Crippen molar-refractivity contribution >= 4 is 23.2 Å². The summed E-state index contributed by atoms with van der Waals surface area (Å²) in [6.45, 7) is 5.22. The minimum atomic E-state index is -1.89. The van der Waals surface area contributed by atoms with Gasteiger partial charge in [-0.15, -0.1) is 0 Å². The zero-order chi connectivity index (χ0) is 15.8. The van der Waals surface area contributed by atoms with Crippen LogP contribution in [0.4, 0.5) is 10.1 Å². The van der Waals surface area contributed by atoms with Crippen LogP contribution in [0.1, 0.15) is 18.9 Å². The van der Waals surface area contributed by atoms with Gasteiger partial charge in [0.2, 0.25) is 5.91 Å². The van der Waals surface area contributed by atoms with Crippen molar-refractivity contribution in [2.75, 3.05) is 31.2 Å². The van der Waals surface area contributed by atoms with Crippen LogP contribution in [0, 0.1) is 5.41 Å². The van der Waals surface area contributed by atoms with Crippen LogP contribution in [-0.2, 0) is 16.1 Å². The van der Waals surface area contributed by atoms with Gasteiger partial charge >= 0.3 is 0 Å². The van der Waals surface area contributed by atoms with Gasteiger partial charge in [0, 0.05) is 31.7 Å². The zero-order valence-corrected chi connectivity index (χ0v) is 13.3. The topological polar surface area (TPSA) is 41.6 Å². The molecule has 1 aromatic carbocycles. The molecule has 1 aromatic rings. The van der Waals surface area contributed by atoms with E-state index < -0.39 is 10.5 Å². The Hall–Kier alpha value is -1.33. The lowest BCUT2D eigenvalue weighted by molar-refractivity contribution is -0.126. The normalized spacial score (nSPS) is 31.0. The summed E-state index contributed by atoms with van der Waals surface area (Å²) in [5.41, 5.74) is 1.03. The number of nitrogens with zero attached hydrogens (tertiary/aromatic N) is 1. The van der Waals surface area contributed by atoms with Gasteiger partial charge in [-0.05, 0) is 24.6 Å². The number of halogens is 2. The monoisotopic (exact) mass is 326 g/mol. The summed E-state index contributed by atoms with van der Waals surface area (Å²) >= 11 is 5.59. The number of hydrogen-bond acceptors (Lipinski definition) is 3. The van der Waals surface area contributed by atoms with Crippen molar-refractivity contribution in [3.63, 3.8) is 0 Å². The molecule has 4 nitrogen and oxygen atoms in total. The Balaban J connectivity index is 1.54. The average molecular weight is 327 g/mol. The summed E-state index contributed by atoms with van der Waals surface area (Å²) < 4.78 is 18.9. The lowest BCUT2D eigenvalue weighted by Gasteiger charge is -2.28. The second-order valence-corrected chi connectivity index (χ2v) is 6.76. The van der Waals surface area contributed by atoms with Crippen molar-refractivity contribution in [1.29, 1.82) is 0 Å². The van der Waals surface area contributed by atoms with Gasteiger partial charge in [0.1, 0.15) is 0 Å². The highest BCUT2D eigenvalue weighted by atomic mass is 35.5. The van der Waals surface area contributed by atoms with Crippen LogP contribution >= 0.6 is 11.6 Å². The first-order chi connectivity index (χ1) is 10.4. The lowest BCUT2D eigenvalue weighted by atomic mass is 10.1. The molecule has 120 valence electrons. The Bertz CT molecular complexity index is 558. The van der Waals surface area contributed by atoms with Crippen LogP contribution < -0.4 is 10.2 Å². The number of alkyl halides is 2. The van der Waals surface area contributed by atoms with Gasteiger partial charge in [0.15, 0.2) is 5.13 Å². The molecule has 1 aliphatic heterocycles. The third-order valence-corrected chi connectivity index (χ3v) is 5.08. The molecule has 2 atom stereocenters. The van der Waals surface area contributed by atoms with Crippen LogP contribution in [0.5, 0.6) is 0 Å². The Kier molecular flexibility index (Phi) is 4.03. The third-order valence-electron chi connectivity index (χ3n) is 4.52. The molecule has 0 spiro atoms. The number of carbonyl (C=O) groups is 1. The molecule has 2 unspecified atom stereocenters. The summed E-state index contributed by atoms with van der Waals surface area (Å²) in [7, 11) is 0. The molecule has 22 heavy (non-hydrogen) atoms. The van der Waals surface area contributed by atoms with Crippen LogP contribution in [0.25, 0.3) is 0 Å². The molecule has 0 aromatic heterocycles. The number of morpholine rings is 1. The number of hydrogen-bond donors (Lipinski definition) is 1. The first-order valence-corrected chi connectivity index (χ1v) is 7.88. The van der Waals surface area contributed by atoms with E-state index in [0.29, 0.717) is 6.54 Å². The summed E-state index contributed by atoms with van der Waals surface area (Å²) in [5.74, 6) is -0.331. The van der Waals surface area contributed by atoms with Crippen molar-refractivity contribution in [3.05, 3.63) is 29.8 Å². The van der Waals surface area contributed by atoms with Crippen molar-refractivity contribution in [2.24, 2.45) is 5.41 Å². The fraction of sp³-hybridized carbons (Fsp3) is 0.562. The largest absolute Gasteiger partial charge is 0.378 e. The minimum Gasteiger partial charge on any atom is -0.378 e. The summed E-state index contributed by atoms with van der Waals surface area (Å²) in [5, 5.41) is 0.867. The van der Waals surface area contributed by atoms with Crippen molar-refractivity contribution in [3.8, 4) is 0 Å². The fourth-order valence-electron chi connectivity index (χ4n) is 2.67. The Morgan fingerprint density at radius 2 is 1.95 bits per heavy atom. The molecular formula is C16H20ClFN2O2. The molecule has 1 amide bonds. The third kappa shape index (κ3) is 2.92. The van der Waals surface area contributed by atoms with Crippen molar-refractivity contribution in [1.82, 2.24) is 5.32 Å². The highest BCUT2D eigenvalue weighted by Gasteiger charge is 2.70. The number of anilines is 1. The predicted molar refractivity (Wildman–Crippen MR) is 83.7 cm³/mol. The molecule has 2 fully saturated rings. The van der Waals surface area contributed by atoms with Gasteiger partial charge in [-0.25, -0.2) is 4.39 Å². The molecule has 1 saturated carbocycles. The SMILES string of the molecule is CC1(C(=O)NCc2ccc(N3CCOCC3)cc2)CC1(F)Cl. The van der Waals surface area contributed by atoms with Crippen LogP contribution in [-0.4, -0.2) is 37.3 Å². The highest BCUT2D eigenvalue weighted by Crippen LogP contribution is 2.62. The molecule has 6 heteroatoms. The Labute approximate surface area is 134 Å². The van der Waals surface area contributed by atoms with E-state index in [9.17, 15) is 9.18 Å². The number of nitrogens with one attached hydrogen (secondary N) is 1. The molecule has 1 aliphatic carbocycles. The minimum absolute atomic E-state index is 0.0728. The molecule has 3 rings (SSSR count). The maximum Gasteiger partial charge on any atom is 0.230 e. The van der Waals surface area contributed by atoms with Crippen LogP contribution in [0.15, 0.2) is 24.3 Å². The van der Waals surface area contributed by atoms with E-state index in [0.717, 1.165) is 37.6 Å². The quantitative estimate of drug-likeness (QED) is 0.864. The first kappa shape index (κ1) is 15.6. The fourth-order valence-corrected chi connectivity index (χ4v) is 3.02. The second-order valence-electron chi connectivity index (χ2n) is 6.16. The molecule has 0 bridgehead atoms. The van der Waals surface area contributed by atoms with Gasteiger partial charge < -0.3 is 15.0 Å². The van der Waals surface area contributed by atoms with Gasteiger partial charge in [-0.3, -0.25) is 4.79 Å². The maximum absolute atomic E-state index is 13.6. The van der Waals surface area contributed by atoms with Crippen molar-refractivity contribution in [2.45, 2.75) is 25.0 Å². The van der Waals surface area contributed by atoms with Crippen LogP contribution in [0.3, 0.4) is 0 Å². The predicted octanol–water partition coefficient (Wildman–Crippen LogP) is 2.45. The van der Waals surface area contributed by atoms with Gasteiger partial charge in [-0.2, -0.15) is 0 Å². The van der Waals surface area contributed by atoms with E-state index in [4.69, 9.17) is 16.3 Å². The Morgan fingerprint density at radius 3 is 2.50 bits per heavy atom. The van der Waals surface area contributed by atoms with Gasteiger partial charge in [0.05, 0.1) is 18.6 Å². The summed E-state index contributed by atoms with van der Waals surface area (Å²) in [6, 6.07) is 8.02. The number of amides is 1. The van der Waals surface area contributed by atoms with Gasteiger partial charge in [0.25, 0.3) is 0 Å². The van der Waals surface area contributed by atoms with E-state index in [-0.39, 0.29) is 12.3 Å². The number of carbonyl (C=O) groups excluding carboxylic acids is 1. The molecule has 1 saturated heterocycles. The average Bonchev–Trinajstić information content (AvgIpc) is 3.06.